The van der Waals surface area contributed by atoms with Crippen molar-refractivity contribution in [3.8, 4) is 0 Å². The zero-order valence-electron chi connectivity index (χ0n) is 11.7. The van der Waals surface area contributed by atoms with E-state index in [0.717, 1.165) is 11.4 Å². The van der Waals surface area contributed by atoms with Gasteiger partial charge in [-0.1, -0.05) is 0 Å². The molecule has 2 aliphatic rings. The molecule has 0 saturated carbocycles. The van der Waals surface area contributed by atoms with E-state index in [4.69, 9.17) is 4.74 Å². The fraction of sp³-hybridized carbons (Fsp3) is 0.615. The molecule has 2 aliphatic heterocycles. The highest BCUT2D eigenvalue weighted by molar-refractivity contribution is 5.86. The molecule has 1 aromatic rings. The van der Waals surface area contributed by atoms with Crippen molar-refractivity contribution in [1.82, 2.24) is 20.2 Å². The number of ether oxygens (including phenoxy) is 1. The third-order valence-electron chi connectivity index (χ3n) is 4.24. The van der Waals surface area contributed by atoms with Crippen molar-refractivity contribution in [3.63, 3.8) is 0 Å². The number of likely N-dealkylation sites (N-methyl/N-ethyl adjacent to an activating group) is 1. The van der Waals surface area contributed by atoms with Gasteiger partial charge in [-0.25, -0.2) is 9.78 Å². The normalized spacial score (nSPS) is 28.4. The number of carboxylic acids is 1. The van der Waals surface area contributed by atoms with E-state index >= 15 is 0 Å². The molecule has 3 N–H and O–H groups in total. The Morgan fingerprint density at radius 1 is 1.52 bits per heavy atom. The van der Waals surface area contributed by atoms with Crippen LogP contribution in [0.1, 0.15) is 11.4 Å². The molecule has 1 aromatic heterocycles. The second-order valence-electron chi connectivity index (χ2n) is 5.39. The minimum atomic E-state index is -1.00. The van der Waals surface area contributed by atoms with Crippen LogP contribution in [-0.2, 0) is 27.3 Å². The van der Waals surface area contributed by atoms with E-state index < -0.39 is 12.0 Å². The van der Waals surface area contributed by atoms with Gasteiger partial charge in [-0.15, -0.1) is 0 Å². The first-order chi connectivity index (χ1) is 10.1. The number of carbonyl (C=O) groups excluding carboxylic acids is 1. The van der Waals surface area contributed by atoms with E-state index in [9.17, 15) is 14.7 Å². The van der Waals surface area contributed by atoms with Gasteiger partial charge in [0.15, 0.2) is 0 Å². The minimum Gasteiger partial charge on any atom is -0.480 e. The van der Waals surface area contributed by atoms with Crippen LogP contribution in [0, 0.1) is 5.92 Å². The Bertz CT molecular complexity index is 558. The molecular formula is C13H18N4O4. The van der Waals surface area contributed by atoms with Crippen molar-refractivity contribution in [1.29, 1.82) is 0 Å². The zero-order valence-corrected chi connectivity index (χ0v) is 11.7. The van der Waals surface area contributed by atoms with Crippen molar-refractivity contribution in [2.45, 2.75) is 25.0 Å². The summed E-state index contributed by atoms with van der Waals surface area (Å²) in [5.41, 5.74) is 1.53. The predicted octanol–water partition coefficient (Wildman–Crippen LogP) is -1.02. The molecule has 0 bridgehead atoms. The largest absolute Gasteiger partial charge is 0.480 e. The van der Waals surface area contributed by atoms with Gasteiger partial charge in [-0.05, 0) is 7.05 Å². The first-order valence-corrected chi connectivity index (χ1v) is 6.91. The smallest absolute Gasteiger partial charge is 0.326 e. The van der Waals surface area contributed by atoms with Gasteiger partial charge in [0.25, 0.3) is 0 Å². The van der Waals surface area contributed by atoms with Crippen LogP contribution in [-0.4, -0.2) is 64.2 Å². The average Bonchev–Trinajstić information content (AvgIpc) is 3.12. The quantitative estimate of drug-likeness (QED) is 0.659. The molecule has 8 heteroatoms. The Labute approximate surface area is 121 Å². The molecule has 0 spiro atoms. The van der Waals surface area contributed by atoms with Gasteiger partial charge in [0, 0.05) is 12.5 Å². The minimum absolute atomic E-state index is 0.0740. The van der Waals surface area contributed by atoms with Crippen LogP contribution in [0.2, 0.25) is 0 Å². The highest BCUT2D eigenvalue weighted by Crippen LogP contribution is 2.25. The van der Waals surface area contributed by atoms with E-state index in [0.29, 0.717) is 13.2 Å². The lowest BCUT2D eigenvalue weighted by molar-refractivity contribution is -0.153. The summed E-state index contributed by atoms with van der Waals surface area (Å²) in [5.74, 6) is -1.53. The lowest BCUT2D eigenvalue weighted by Crippen LogP contribution is -2.53. The number of fused-ring (bicyclic) bond motifs is 1. The molecule has 1 saturated heterocycles. The number of imidazole rings is 1. The Kier molecular flexibility index (Phi) is 3.64. The lowest BCUT2D eigenvalue weighted by atomic mass is 9.97. The van der Waals surface area contributed by atoms with Crippen LogP contribution in [0.5, 0.6) is 0 Å². The average molecular weight is 294 g/mol. The van der Waals surface area contributed by atoms with Gasteiger partial charge in [-0.3, -0.25) is 4.79 Å². The number of aromatic nitrogens is 2. The number of H-pyrrole nitrogens is 1. The monoisotopic (exact) mass is 294 g/mol. The van der Waals surface area contributed by atoms with E-state index in [-0.39, 0.29) is 30.8 Å². The van der Waals surface area contributed by atoms with Gasteiger partial charge in [0.1, 0.15) is 6.04 Å². The number of carbonyl (C=O) groups is 2. The van der Waals surface area contributed by atoms with E-state index in [1.807, 2.05) is 0 Å². The van der Waals surface area contributed by atoms with Gasteiger partial charge in [0.05, 0.1) is 43.4 Å². The molecule has 1 fully saturated rings. The summed E-state index contributed by atoms with van der Waals surface area (Å²) in [6.45, 7) is 1.04. The number of carboxylic acid groups (broad SMARTS) is 1. The third-order valence-corrected chi connectivity index (χ3v) is 4.24. The summed E-state index contributed by atoms with van der Waals surface area (Å²) in [6, 6.07) is -0.943. The molecule has 21 heavy (non-hydrogen) atoms. The fourth-order valence-corrected chi connectivity index (χ4v) is 2.98. The van der Waals surface area contributed by atoms with Crippen LogP contribution < -0.4 is 5.32 Å². The maximum absolute atomic E-state index is 12.7. The van der Waals surface area contributed by atoms with E-state index in [2.05, 4.69) is 15.3 Å². The predicted molar refractivity (Wildman–Crippen MR) is 71.4 cm³/mol. The summed E-state index contributed by atoms with van der Waals surface area (Å²) in [4.78, 5) is 32.7. The van der Waals surface area contributed by atoms with Gasteiger partial charge in [-0.2, -0.15) is 0 Å². The molecule has 1 amide bonds. The number of hydrogen-bond donors (Lipinski definition) is 3. The summed E-state index contributed by atoms with van der Waals surface area (Å²) in [6.07, 6.45) is 1.77. The second-order valence-corrected chi connectivity index (χ2v) is 5.39. The van der Waals surface area contributed by atoms with Crippen LogP contribution in [0.25, 0.3) is 0 Å². The molecule has 3 rings (SSSR count). The summed E-state index contributed by atoms with van der Waals surface area (Å²) < 4.78 is 5.35. The molecule has 3 atom stereocenters. The second kappa shape index (κ2) is 5.45. The molecule has 0 radical (unpaired) electrons. The number of amides is 1. The topological polar surface area (TPSA) is 108 Å². The van der Waals surface area contributed by atoms with Crippen LogP contribution >= 0.6 is 0 Å². The van der Waals surface area contributed by atoms with Crippen LogP contribution in [0.3, 0.4) is 0 Å². The first-order valence-electron chi connectivity index (χ1n) is 6.91. The van der Waals surface area contributed by atoms with Gasteiger partial charge < -0.3 is 25.0 Å². The van der Waals surface area contributed by atoms with Crippen molar-refractivity contribution < 1.29 is 19.4 Å². The molecule has 114 valence electrons. The zero-order chi connectivity index (χ0) is 15.0. The third kappa shape index (κ3) is 2.40. The van der Waals surface area contributed by atoms with E-state index in [1.54, 1.807) is 7.05 Å². The number of aliphatic carboxylic acids is 1. The molecule has 0 aromatic carbocycles. The SMILES string of the molecule is CNC1COCC1C(=O)N1Cc2[nH]cnc2CC1C(=O)O. The lowest BCUT2D eigenvalue weighted by Gasteiger charge is -2.34. The van der Waals surface area contributed by atoms with Crippen LogP contribution in [0.4, 0.5) is 0 Å². The van der Waals surface area contributed by atoms with Crippen LogP contribution in [0.15, 0.2) is 6.33 Å². The maximum Gasteiger partial charge on any atom is 0.326 e. The molecule has 0 aliphatic carbocycles. The maximum atomic E-state index is 12.7. The number of hydrogen-bond acceptors (Lipinski definition) is 5. The number of nitrogens with zero attached hydrogens (tertiary/aromatic N) is 2. The van der Waals surface area contributed by atoms with Gasteiger partial charge >= 0.3 is 5.97 Å². The Morgan fingerprint density at radius 3 is 3.05 bits per heavy atom. The highest BCUT2D eigenvalue weighted by Gasteiger charge is 2.42. The summed E-state index contributed by atoms with van der Waals surface area (Å²) in [5, 5.41) is 12.5. The standard InChI is InChI=1S/C13H18N4O4/c1-14-10-5-21-4-7(10)12(18)17-3-9-8(15-6-16-9)2-11(17)13(19)20/h6-7,10-11,14H,2-5H2,1H3,(H,15,16)(H,19,20). The summed E-state index contributed by atoms with van der Waals surface area (Å²) in [7, 11) is 1.78. The van der Waals surface area contributed by atoms with E-state index in [1.165, 1.54) is 11.2 Å². The number of aromatic amines is 1. The van der Waals surface area contributed by atoms with Crippen molar-refractivity contribution in [2.24, 2.45) is 5.92 Å². The van der Waals surface area contributed by atoms with Crippen molar-refractivity contribution in [2.75, 3.05) is 20.3 Å². The Balaban J connectivity index is 1.85. The number of rotatable bonds is 3. The highest BCUT2D eigenvalue weighted by atomic mass is 16.5. The Morgan fingerprint density at radius 2 is 2.33 bits per heavy atom. The van der Waals surface area contributed by atoms with Gasteiger partial charge in [0.2, 0.25) is 5.91 Å². The number of nitrogens with one attached hydrogen (secondary N) is 2. The Hall–Kier alpha value is -1.93. The fourth-order valence-electron chi connectivity index (χ4n) is 2.98. The summed E-state index contributed by atoms with van der Waals surface area (Å²) >= 11 is 0. The first kappa shape index (κ1) is 14.0. The molecule has 8 nitrogen and oxygen atoms in total. The molecule has 3 heterocycles. The molecule has 3 unspecified atom stereocenters. The van der Waals surface area contributed by atoms with Crippen molar-refractivity contribution in [3.05, 3.63) is 17.7 Å². The van der Waals surface area contributed by atoms with Crippen molar-refractivity contribution >= 4 is 11.9 Å². The molecular weight excluding hydrogens is 276 g/mol.